The first-order valence-corrected chi connectivity index (χ1v) is 16.8. The van der Waals surface area contributed by atoms with Gasteiger partial charge in [-0.05, 0) is 81.8 Å². The van der Waals surface area contributed by atoms with E-state index in [0.717, 1.165) is 81.0 Å². The maximum absolute atomic E-state index is 14.2. The summed E-state index contributed by atoms with van der Waals surface area (Å²) in [6, 6.07) is 4.22. The van der Waals surface area contributed by atoms with Crippen LogP contribution in [0.5, 0.6) is 11.6 Å². The number of hydrogen-bond acceptors (Lipinski definition) is 8. The lowest BCUT2D eigenvalue weighted by molar-refractivity contribution is -0.139. The van der Waals surface area contributed by atoms with Gasteiger partial charge in [0.05, 0.1) is 29.7 Å². The molecule has 6 rings (SSSR count). The number of ether oxygens (including phenoxy) is 3. The van der Waals surface area contributed by atoms with Gasteiger partial charge in [-0.15, -0.1) is 0 Å². The average molecular weight is 621 g/mol. The van der Waals surface area contributed by atoms with Gasteiger partial charge < -0.3 is 29.2 Å². The Balaban J connectivity index is 1.34. The van der Waals surface area contributed by atoms with E-state index >= 15 is 0 Å². The van der Waals surface area contributed by atoms with E-state index in [9.17, 15) is 14.4 Å². The first-order chi connectivity index (χ1) is 21.4. The second-order valence-corrected chi connectivity index (χ2v) is 14.9. The lowest BCUT2D eigenvalue weighted by Crippen LogP contribution is -2.57. The predicted octanol–water partition coefficient (Wildman–Crippen LogP) is 5.78. The van der Waals surface area contributed by atoms with Gasteiger partial charge in [-0.3, -0.25) is 4.79 Å². The van der Waals surface area contributed by atoms with Crippen LogP contribution in [0, 0.1) is 17.3 Å². The molecule has 45 heavy (non-hydrogen) atoms. The number of amides is 2. The largest absolute Gasteiger partial charge is 0.490 e. The summed E-state index contributed by atoms with van der Waals surface area (Å²) in [4.78, 5) is 51.5. The molecule has 10 heteroatoms. The minimum atomic E-state index is -0.887. The van der Waals surface area contributed by atoms with E-state index in [-0.39, 0.29) is 30.4 Å². The number of nitrogens with zero attached hydrogens (tertiary/aromatic N) is 3. The molecule has 2 amide bonds. The average Bonchev–Trinajstić information content (AvgIpc) is 3.65. The molecule has 3 heterocycles. The Morgan fingerprint density at radius 1 is 1.04 bits per heavy atom. The molecule has 2 aliphatic carbocycles. The number of alkyl carbamates (subject to hydrolysis) is 1. The molecule has 0 radical (unpaired) electrons. The Hall–Kier alpha value is -3.43. The monoisotopic (exact) mass is 620 g/mol. The van der Waals surface area contributed by atoms with E-state index in [0.29, 0.717) is 17.8 Å². The number of carbonyl (C=O) groups is 3. The van der Waals surface area contributed by atoms with Crippen molar-refractivity contribution in [3.63, 3.8) is 0 Å². The summed E-state index contributed by atoms with van der Waals surface area (Å²) in [5, 5.41) is 2.91. The fraction of sp³-hybridized carbons (Fsp3) is 0.686. The number of aromatic nitrogens is 2. The fourth-order valence-corrected chi connectivity index (χ4v) is 7.30. The molecular formula is C35H48N4O6. The van der Waals surface area contributed by atoms with Crippen molar-refractivity contribution in [1.82, 2.24) is 20.2 Å². The van der Waals surface area contributed by atoms with E-state index in [2.05, 4.69) is 5.32 Å². The van der Waals surface area contributed by atoms with Gasteiger partial charge in [0.25, 0.3) is 0 Å². The second-order valence-electron chi connectivity index (χ2n) is 14.9. The summed E-state index contributed by atoms with van der Waals surface area (Å²) in [5.74, 6) is 0.853. The Kier molecular flexibility index (Phi) is 8.69. The van der Waals surface area contributed by atoms with Gasteiger partial charge >= 0.3 is 6.09 Å². The minimum absolute atomic E-state index is 0.191. The Labute approximate surface area is 266 Å². The van der Waals surface area contributed by atoms with Crippen LogP contribution in [0.3, 0.4) is 0 Å². The highest BCUT2D eigenvalue weighted by molar-refractivity contribution is 5.89. The van der Waals surface area contributed by atoms with Crippen molar-refractivity contribution in [3.05, 3.63) is 23.9 Å². The molecule has 2 saturated carbocycles. The first kappa shape index (κ1) is 31.5. The van der Waals surface area contributed by atoms with Crippen LogP contribution in [0.25, 0.3) is 11.0 Å². The molecule has 0 unspecified atom stereocenters. The molecule has 1 aromatic heterocycles. The maximum atomic E-state index is 14.2. The SMILES string of the molecule is C[C@@H]1[C@@H]2CN(C(=O)[C@H](C(C)(C)C)NC(=O)O[C@]3(C)CCC[C@H]3CCCCCc3nc4ccc(OC5CC5)cc4nc3O2)[C@@H]1C=O. The Morgan fingerprint density at radius 3 is 2.56 bits per heavy atom. The van der Waals surface area contributed by atoms with Gasteiger partial charge in [0.1, 0.15) is 35.5 Å². The quantitative estimate of drug-likeness (QED) is 0.429. The molecule has 6 atom stereocenters. The molecule has 244 valence electrons. The van der Waals surface area contributed by atoms with Gasteiger partial charge in [0.15, 0.2) is 0 Å². The third-order valence-corrected chi connectivity index (χ3v) is 10.3. The number of rotatable bonds is 3. The minimum Gasteiger partial charge on any atom is -0.490 e. The molecule has 1 N–H and O–H groups in total. The van der Waals surface area contributed by atoms with Crippen molar-refractivity contribution < 1.29 is 28.6 Å². The molecule has 1 saturated heterocycles. The third-order valence-electron chi connectivity index (χ3n) is 10.3. The number of aldehydes is 1. The number of benzene rings is 1. The molecule has 10 nitrogen and oxygen atoms in total. The fourth-order valence-electron chi connectivity index (χ4n) is 7.30. The lowest BCUT2D eigenvalue weighted by atomic mass is 9.85. The van der Waals surface area contributed by atoms with Crippen LogP contribution in [0.2, 0.25) is 0 Å². The summed E-state index contributed by atoms with van der Waals surface area (Å²) < 4.78 is 18.7. The molecule has 0 spiro atoms. The normalized spacial score (nSPS) is 31.6. The van der Waals surface area contributed by atoms with E-state index < -0.39 is 35.3 Å². The van der Waals surface area contributed by atoms with E-state index in [1.54, 1.807) is 4.90 Å². The van der Waals surface area contributed by atoms with Crippen LogP contribution in [-0.4, -0.2) is 69.6 Å². The zero-order valence-corrected chi connectivity index (χ0v) is 27.3. The molecule has 3 fully saturated rings. The second kappa shape index (κ2) is 12.4. The van der Waals surface area contributed by atoms with Gasteiger partial charge in [-0.25, -0.2) is 14.8 Å². The van der Waals surface area contributed by atoms with Crippen molar-refractivity contribution in [2.45, 2.75) is 129 Å². The third kappa shape index (κ3) is 6.75. The summed E-state index contributed by atoms with van der Waals surface area (Å²) in [7, 11) is 0. The molecule has 1 aromatic carbocycles. The zero-order chi connectivity index (χ0) is 31.9. The summed E-state index contributed by atoms with van der Waals surface area (Å²) in [6.45, 7) is 9.86. The Bertz CT molecular complexity index is 1440. The van der Waals surface area contributed by atoms with Crippen molar-refractivity contribution in [1.29, 1.82) is 0 Å². The topological polar surface area (TPSA) is 120 Å². The maximum Gasteiger partial charge on any atom is 0.408 e. The highest BCUT2D eigenvalue weighted by atomic mass is 16.6. The predicted molar refractivity (Wildman–Crippen MR) is 169 cm³/mol. The molecule has 4 aliphatic rings. The molecule has 2 bridgehead atoms. The lowest BCUT2D eigenvalue weighted by Gasteiger charge is -2.37. The zero-order valence-electron chi connectivity index (χ0n) is 27.3. The van der Waals surface area contributed by atoms with E-state index in [4.69, 9.17) is 24.2 Å². The van der Waals surface area contributed by atoms with Crippen LogP contribution in [0.4, 0.5) is 4.79 Å². The van der Waals surface area contributed by atoms with Gasteiger partial charge in [-0.2, -0.15) is 0 Å². The van der Waals surface area contributed by atoms with E-state index in [1.165, 1.54) is 0 Å². The smallest absolute Gasteiger partial charge is 0.408 e. The molecule has 2 aliphatic heterocycles. The van der Waals surface area contributed by atoms with Crippen LogP contribution in [0.1, 0.15) is 98.1 Å². The van der Waals surface area contributed by atoms with Gasteiger partial charge in [0.2, 0.25) is 11.8 Å². The number of hydrogen-bond donors (Lipinski definition) is 1. The summed E-state index contributed by atoms with van der Waals surface area (Å²) >= 11 is 0. The highest BCUT2D eigenvalue weighted by Crippen LogP contribution is 2.42. The van der Waals surface area contributed by atoms with Crippen molar-refractivity contribution >= 4 is 29.3 Å². The Morgan fingerprint density at radius 2 is 1.82 bits per heavy atom. The van der Waals surface area contributed by atoms with Crippen LogP contribution in [-0.2, 0) is 20.7 Å². The van der Waals surface area contributed by atoms with Crippen LogP contribution >= 0.6 is 0 Å². The number of nitrogens with one attached hydrogen (secondary N) is 1. The molecule has 2 aromatic rings. The van der Waals surface area contributed by atoms with Crippen LogP contribution in [0.15, 0.2) is 18.2 Å². The van der Waals surface area contributed by atoms with Crippen molar-refractivity contribution in [2.75, 3.05) is 6.54 Å². The number of aryl methyl sites for hydroxylation is 1. The first-order valence-electron chi connectivity index (χ1n) is 16.8. The number of carbonyl (C=O) groups excluding carboxylic acids is 3. The standard InChI is InChI=1S/C35H48N4O6/c1-21-28(20-40)39-19-29(21)44-31-26(36-25-16-15-24(18-27(25)37-31)43-23-13-14-23)12-8-6-7-10-22-11-9-17-35(22,5)45-33(42)38-30(32(39)41)34(2,3)4/h15-16,18,20-23,28-30H,6-14,17,19H2,1-5H3,(H,38,42)/t21-,22+,28+,29-,30+,35+/m0/s1. The number of fused-ring (bicyclic) bond motifs is 5. The highest BCUT2D eigenvalue weighted by Gasteiger charge is 2.48. The van der Waals surface area contributed by atoms with Gasteiger partial charge in [0, 0.05) is 12.0 Å². The summed E-state index contributed by atoms with van der Waals surface area (Å²) in [5.41, 5.74) is 1.06. The molecular weight excluding hydrogens is 572 g/mol. The van der Waals surface area contributed by atoms with Crippen molar-refractivity contribution in [2.24, 2.45) is 17.3 Å². The van der Waals surface area contributed by atoms with E-state index in [1.807, 2.05) is 52.8 Å². The van der Waals surface area contributed by atoms with Crippen molar-refractivity contribution in [3.8, 4) is 11.6 Å². The van der Waals surface area contributed by atoms with Gasteiger partial charge in [-0.1, -0.05) is 40.5 Å². The van der Waals surface area contributed by atoms with Crippen LogP contribution < -0.4 is 14.8 Å². The summed E-state index contributed by atoms with van der Waals surface area (Å²) in [6.07, 6.45) is 9.58.